The summed E-state index contributed by atoms with van der Waals surface area (Å²) in [6.45, 7) is 4.58. The van der Waals surface area contributed by atoms with Gasteiger partial charge < -0.3 is 29.7 Å². The second-order valence-electron chi connectivity index (χ2n) is 8.96. The van der Waals surface area contributed by atoms with Crippen molar-refractivity contribution in [1.82, 2.24) is 30.1 Å². The molecule has 0 unspecified atom stereocenters. The number of benzene rings is 1. The van der Waals surface area contributed by atoms with Crippen LogP contribution in [-0.4, -0.2) is 82.8 Å². The normalized spacial score (nSPS) is 16.6. The summed E-state index contributed by atoms with van der Waals surface area (Å²) >= 11 is 0. The van der Waals surface area contributed by atoms with Crippen LogP contribution < -0.4 is 20.3 Å². The second-order valence-corrected chi connectivity index (χ2v) is 8.96. The predicted octanol–water partition coefficient (Wildman–Crippen LogP) is 2.99. The number of methoxy groups -OCH3 is 1. The van der Waals surface area contributed by atoms with Crippen LogP contribution in [0.5, 0.6) is 5.75 Å². The molecule has 0 atom stereocenters. The van der Waals surface area contributed by atoms with Crippen LogP contribution in [-0.2, 0) is 9.47 Å². The second kappa shape index (κ2) is 10.5. The molecule has 0 saturated carbocycles. The zero-order valence-corrected chi connectivity index (χ0v) is 20.6. The van der Waals surface area contributed by atoms with E-state index in [0.717, 1.165) is 61.5 Å². The summed E-state index contributed by atoms with van der Waals surface area (Å²) in [6.07, 6.45) is 6.75. The van der Waals surface area contributed by atoms with Crippen molar-refractivity contribution in [2.24, 2.45) is 0 Å². The highest BCUT2D eigenvalue weighted by molar-refractivity contribution is 5.99. The summed E-state index contributed by atoms with van der Waals surface area (Å²) in [6, 6.07) is 6.32. The molecule has 6 rings (SSSR count). The molecular weight excluding hydrogens is 474 g/mol. The Hall–Kier alpha value is -4.03. The number of H-pyrrole nitrogens is 1. The molecule has 2 fully saturated rings. The number of fused-ring (bicyclic) bond motifs is 1. The van der Waals surface area contributed by atoms with Gasteiger partial charge in [0.1, 0.15) is 23.6 Å². The third-order valence-electron chi connectivity index (χ3n) is 6.62. The Labute approximate surface area is 213 Å². The molecule has 1 aromatic carbocycles. The Morgan fingerprint density at radius 2 is 1.81 bits per heavy atom. The quantitative estimate of drug-likeness (QED) is 0.343. The van der Waals surface area contributed by atoms with E-state index in [-0.39, 0.29) is 6.04 Å². The van der Waals surface area contributed by atoms with Gasteiger partial charge in [-0.25, -0.2) is 9.97 Å². The largest absolute Gasteiger partial charge is 0.494 e. The predicted molar refractivity (Wildman–Crippen MR) is 139 cm³/mol. The number of nitrogens with zero attached hydrogens (tertiary/aromatic N) is 6. The van der Waals surface area contributed by atoms with Crippen LogP contribution in [0.15, 0.2) is 36.9 Å². The Balaban J connectivity index is 1.35. The number of nitrogens with one attached hydrogen (secondary N) is 3. The first-order chi connectivity index (χ1) is 18.3. The summed E-state index contributed by atoms with van der Waals surface area (Å²) in [5.74, 6) is 1.83. The number of rotatable bonds is 7. The van der Waals surface area contributed by atoms with Crippen LogP contribution in [0.25, 0.3) is 22.3 Å². The van der Waals surface area contributed by atoms with E-state index in [2.05, 4.69) is 41.8 Å². The van der Waals surface area contributed by atoms with E-state index in [1.165, 1.54) is 6.33 Å². The third kappa shape index (κ3) is 4.98. The fourth-order valence-electron chi connectivity index (χ4n) is 4.68. The molecule has 3 N–H and O–H groups in total. The lowest BCUT2D eigenvalue weighted by Gasteiger charge is -2.29. The molecule has 0 amide bonds. The molecule has 4 aromatic rings. The van der Waals surface area contributed by atoms with Crippen molar-refractivity contribution < 1.29 is 14.2 Å². The number of morpholine rings is 1. The molecule has 37 heavy (non-hydrogen) atoms. The molecule has 2 saturated heterocycles. The molecule has 192 valence electrons. The maximum absolute atomic E-state index is 5.71. The number of hydrogen-bond donors (Lipinski definition) is 3. The first-order valence-corrected chi connectivity index (χ1v) is 12.4. The minimum absolute atomic E-state index is 0.233. The highest BCUT2D eigenvalue weighted by atomic mass is 16.5. The van der Waals surface area contributed by atoms with E-state index in [4.69, 9.17) is 24.2 Å². The van der Waals surface area contributed by atoms with Crippen molar-refractivity contribution in [2.45, 2.75) is 18.9 Å². The minimum Gasteiger partial charge on any atom is -0.494 e. The van der Waals surface area contributed by atoms with Gasteiger partial charge in [0.25, 0.3) is 0 Å². The first-order valence-electron chi connectivity index (χ1n) is 12.4. The number of ether oxygens (including phenoxy) is 3. The number of anilines is 4. The fraction of sp³-hybridized carbons (Fsp3) is 0.400. The molecular formula is C25H29N9O3. The molecule has 0 aliphatic carbocycles. The molecule has 2 aliphatic rings. The molecule has 2 aliphatic heterocycles. The van der Waals surface area contributed by atoms with Gasteiger partial charge in [-0.15, -0.1) is 0 Å². The van der Waals surface area contributed by atoms with Crippen molar-refractivity contribution >= 4 is 34.2 Å². The molecule has 12 nitrogen and oxygen atoms in total. The summed E-state index contributed by atoms with van der Waals surface area (Å²) in [7, 11) is 1.66. The molecule has 0 bridgehead atoms. The van der Waals surface area contributed by atoms with Gasteiger partial charge in [0.2, 0.25) is 5.95 Å². The van der Waals surface area contributed by atoms with Gasteiger partial charge in [-0.1, -0.05) is 0 Å². The Bertz CT molecular complexity index is 1350. The van der Waals surface area contributed by atoms with Crippen LogP contribution in [0.1, 0.15) is 12.8 Å². The number of hydrogen-bond acceptors (Lipinski definition) is 11. The Morgan fingerprint density at radius 1 is 1.03 bits per heavy atom. The van der Waals surface area contributed by atoms with Crippen molar-refractivity contribution in [3.05, 3.63) is 36.9 Å². The van der Waals surface area contributed by atoms with Gasteiger partial charge in [-0.05, 0) is 25.0 Å². The van der Waals surface area contributed by atoms with Crippen LogP contribution in [0, 0.1) is 0 Å². The van der Waals surface area contributed by atoms with E-state index in [1.807, 2.05) is 12.1 Å². The summed E-state index contributed by atoms with van der Waals surface area (Å²) < 4.78 is 16.7. The molecule has 0 radical (unpaired) electrons. The molecule has 5 heterocycles. The highest BCUT2D eigenvalue weighted by Gasteiger charge is 2.22. The Morgan fingerprint density at radius 3 is 2.59 bits per heavy atom. The molecule has 3 aromatic heterocycles. The van der Waals surface area contributed by atoms with Crippen LogP contribution in [0.3, 0.4) is 0 Å². The van der Waals surface area contributed by atoms with Gasteiger partial charge >= 0.3 is 0 Å². The zero-order chi connectivity index (χ0) is 25.0. The minimum atomic E-state index is 0.233. The smallest absolute Gasteiger partial charge is 0.231 e. The zero-order valence-electron chi connectivity index (χ0n) is 20.6. The van der Waals surface area contributed by atoms with Crippen molar-refractivity contribution in [3.63, 3.8) is 0 Å². The number of aromatic amines is 1. The van der Waals surface area contributed by atoms with E-state index in [1.54, 1.807) is 19.5 Å². The average molecular weight is 504 g/mol. The van der Waals surface area contributed by atoms with E-state index in [0.29, 0.717) is 42.1 Å². The van der Waals surface area contributed by atoms with Crippen molar-refractivity contribution in [1.29, 1.82) is 0 Å². The van der Waals surface area contributed by atoms with Gasteiger partial charge in [-0.2, -0.15) is 15.1 Å². The van der Waals surface area contributed by atoms with Crippen molar-refractivity contribution in [3.8, 4) is 17.0 Å². The van der Waals surface area contributed by atoms with E-state index in [9.17, 15) is 0 Å². The van der Waals surface area contributed by atoms with Gasteiger partial charge in [-0.3, -0.25) is 5.10 Å². The SMILES string of the molecule is COc1cc(N2CCOCC2)ccc1Nc1nc(NC2CCOCC2)c2c(-c3cncnc3)n[nH]c2n1. The first kappa shape index (κ1) is 23.4. The van der Waals surface area contributed by atoms with Gasteiger partial charge in [0, 0.05) is 62.1 Å². The monoisotopic (exact) mass is 503 g/mol. The van der Waals surface area contributed by atoms with Crippen LogP contribution >= 0.6 is 0 Å². The summed E-state index contributed by atoms with van der Waals surface area (Å²) in [5, 5.41) is 15.3. The Kier molecular flexibility index (Phi) is 6.65. The standard InChI is InChI=1S/C25H29N9O3/c1-35-20-12-18(34-6-10-37-11-7-34)2-3-19(20)29-25-30-23(28-17-4-8-36-9-5-17)21-22(32-33-24(21)31-25)16-13-26-15-27-14-16/h2-3,12-15,17H,4-11H2,1H3,(H3,28,29,30,31,32,33). The summed E-state index contributed by atoms with van der Waals surface area (Å²) in [4.78, 5) is 20.2. The van der Waals surface area contributed by atoms with Crippen molar-refractivity contribution in [2.75, 3.05) is 62.2 Å². The topological polar surface area (TPSA) is 135 Å². The van der Waals surface area contributed by atoms with Gasteiger partial charge in [0.15, 0.2) is 5.65 Å². The lowest BCUT2D eigenvalue weighted by atomic mass is 10.1. The van der Waals surface area contributed by atoms with E-state index >= 15 is 0 Å². The average Bonchev–Trinajstić information content (AvgIpc) is 3.39. The van der Waals surface area contributed by atoms with E-state index < -0.39 is 0 Å². The number of aromatic nitrogens is 6. The lowest BCUT2D eigenvalue weighted by molar-refractivity contribution is 0.0904. The molecule has 0 spiro atoms. The third-order valence-corrected chi connectivity index (χ3v) is 6.62. The van der Waals surface area contributed by atoms with Crippen LogP contribution in [0.4, 0.5) is 23.1 Å². The maximum Gasteiger partial charge on any atom is 0.231 e. The summed E-state index contributed by atoms with van der Waals surface area (Å²) in [5.41, 5.74) is 3.95. The molecule has 12 heteroatoms. The fourth-order valence-corrected chi connectivity index (χ4v) is 4.68. The van der Waals surface area contributed by atoms with Crippen LogP contribution in [0.2, 0.25) is 0 Å². The van der Waals surface area contributed by atoms with Gasteiger partial charge in [0.05, 0.1) is 31.4 Å². The highest BCUT2D eigenvalue weighted by Crippen LogP contribution is 2.35. The maximum atomic E-state index is 5.71. The lowest BCUT2D eigenvalue weighted by Crippen LogP contribution is -2.36.